The van der Waals surface area contributed by atoms with E-state index in [9.17, 15) is 4.39 Å². The second-order valence-electron chi connectivity index (χ2n) is 6.17. The highest BCUT2D eigenvalue weighted by molar-refractivity contribution is 5.82. The molecule has 0 bridgehead atoms. The molecule has 140 valence electrons. The molecule has 0 aliphatic carbocycles. The van der Waals surface area contributed by atoms with Crippen molar-refractivity contribution in [1.82, 2.24) is 20.2 Å². The Morgan fingerprint density at radius 1 is 0.929 bits per heavy atom. The van der Waals surface area contributed by atoms with Crippen molar-refractivity contribution in [3.63, 3.8) is 0 Å². The van der Waals surface area contributed by atoms with Crippen molar-refractivity contribution < 1.29 is 13.9 Å². The molecular formula is C19H15FN6O2. The van der Waals surface area contributed by atoms with Gasteiger partial charge in [-0.05, 0) is 30.3 Å². The molecule has 1 aliphatic rings. The van der Waals surface area contributed by atoms with Crippen LogP contribution in [0.1, 0.15) is 0 Å². The van der Waals surface area contributed by atoms with Crippen LogP contribution in [0.2, 0.25) is 0 Å². The molecular weight excluding hydrogens is 363 g/mol. The SMILES string of the molecule is Fc1cnc(Nc2ccc3[nH]ncc3c2)nc1Nc1ccc2c(c1)OCCO2. The van der Waals surface area contributed by atoms with Crippen LogP contribution in [0.25, 0.3) is 10.9 Å². The van der Waals surface area contributed by atoms with Crippen molar-refractivity contribution in [2.75, 3.05) is 23.8 Å². The number of halogens is 1. The van der Waals surface area contributed by atoms with Crippen LogP contribution in [-0.2, 0) is 0 Å². The highest BCUT2D eigenvalue weighted by Crippen LogP contribution is 2.33. The maximum absolute atomic E-state index is 14.2. The molecule has 4 aromatic rings. The molecule has 0 fully saturated rings. The van der Waals surface area contributed by atoms with Crippen LogP contribution in [0.4, 0.5) is 27.5 Å². The van der Waals surface area contributed by atoms with E-state index >= 15 is 0 Å². The molecule has 1 aliphatic heterocycles. The first-order chi connectivity index (χ1) is 13.7. The molecule has 3 heterocycles. The monoisotopic (exact) mass is 378 g/mol. The molecule has 0 spiro atoms. The zero-order chi connectivity index (χ0) is 18.9. The summed E-state index contributed by atoms with van der Waals surface area (Å²) in [6.07, 6.45) is 2.84. The molecule has 2 aromatic carbocycles. The third-order valence-corrected chi connectivity index (χ3v) is 4.25. The topological polar surface area (TPSA) is 97.0 Å². The summed E-state index contributed by atoms with van der Waals surface area (Å²) in [7, 11) is 0. The van der Waals surface area contributed by atoms with Crippen LogP contribution in [0.15, 0.2) is 48.8 Å². The maximum atomic E-state index is 14.2. The van der Waals surface area contributed by atoms with Gasteiger partial charge in [-0.25, -0.2) is 9.37 Å². The first kappa shape index (κ1) is 16.3. The number of H-pyrrole nitrogens is 1. The molecule has 0 unspecified atom stereocenters. The lowest BCUT2D eigenvalue weighted by Crippen LogP contribution is -2.15. The normalized spacial score (nSPS) is 12.8. The van der Waals surface area contributed by atoms with Crippen molar-refractivity contribution in [1.29, 1.82) is 0 Å². The van der Waals surface area contributed by atoms with Gasteiger partial charge >= 0.3 is 0 Å². The van der Waals surface area contributed by atoms with E-state index in [1.54, 1.807) is 24.4 Å². The van der Waals surface area contributed by atoms with Gasteiger partial charge in [-0.2, -0.15) is 10.1 Å². The average molecular weight is 378 g/mol. The number of fused-ring (bicyclic) bond motifs is 2. The smallest absolute Gasteiger partial charge is 0.229 e. The number of hydrogen-bond acceptors (Lipinski definition) is 7. The van der Waals surface area contributed by atoms with E-state index in [2.05, 4.69) is 30.8 Å². The number of anilines is 4. The Morgan fingerprint density at radius 2 is 1.75 bits per heavy atom. The highest BCUT2D eigenvalue weighted by atomic mass is 19.1. The number of nitrogens with one attached hydrogen (secondary N) is 3. The van der Waals surface area contributed by atoms with Gasteiger partial charge in [0.05, 0.1) is 17.9 Å². The minimum atomic E-state index is -0.564. The molecule has 8 nitrogen and oxygen atoms in total. The van der Waals surface area contributed by atoms with Gasteiger partial charge in [-0.1, -0.05) is 0 Å². The Bertz CT molecular complexity index is 1160. The van der Waals surface area contributed by atoms with Crippen molar-refractivity contribution in [2.45, 2.75) is 0 Å². The highest BCUT2D eigenvalue weighted by Gasteiger charge is 2.14. The summed E-state index contributed by atoms with van der Waals surface area (Å²) in [5.41, 5.74) is 2.32. The molecule has 28 heavy (non-hydrogen) atoms. The molecule has 3 N–H and O–H groups in total. The first-order valence-corrected chi connectivity index (χ1v) is 8.64. The molecule has 9 heteroatoms. The quantitative estimate of drug-likeness (QED) is 0.498. The van der Waals surface area contributed by atoms with E-state index < -0.39 is 5.82 Å². The fourth-order valence-corrected chi connectivity index (χ4v) is 2.92. The van der Waals surface area contributed by atoms with Crippen LogP contribution >= 0.6 is 0 Å². The Labute approximate surface area is 158 Å². The largest absolute Gasteiger partial charge is 0.486 e. The summed E-state index contributed by atoms with van der Waals surface area (Å²) >= 11 is 0. The fourth-order valence-electron chi connectivity index (χ4n) is 2.92. The van der Waals surface area contributed by atoms with E-state index in [4.69, 9.17) is 9.47 Å². The predicted molar refractivity (Wildman–Crippen MR) is 102 cm³/mol. The minimum absolute atomic E-state index is 0.0542. The van der Waals surface area contributed by atoms with Crippen molar-refractivity contribution in [3.05, 3.63) is 54.6 Å². The summed E-state index contributed by atoms with van der Waals surface area (Å²) in [6, 6.07) is 10.9. The number of hydrogen-bond donors (Lipinski definition) is 3. The van der Waals surface area contributed by atoms with Crippen LogP contribution in [-0.4, -0.2) is 33.4 Å². The number of benzene rings is 2. The van der Waals surface area contributed by atoms with Crippen LogP contribution in [0.5, 0.6) is 11.5 Å². The molecule has 2 aromatic heterocycles. The number of aromatic amines is 1. The molecule has 5 rings (SSSR count). The zero-order valence-corrected chi connectivity index (χ0v) is 14.6. The van der Waals surface area contributed by atoms with Gasteiger partial charge in [0.15, 0.2) is 23.1 Å². The third-order valence-electron chi connectivity index (χ3n) is 4.25. The second kappa shape index (κ2) is 6.69. The summed E-state index contributed by atoms with van der Waals surface area (Å²) < 4.78 is 25.3. The average Bonchev–Trinajstić information content (AvgIpc) is 3.18. The van der Waals surface area contributed by atoms with Gasteiger partial charge in [0.2, 0.25) is 5.95 Å². The summed E-state index contributed by atoms with van der Waals surface area (Å²) in [5.74, 6) is 1.03. The summed E-state index contributed by atoms with van der Waals surface area (Å²) in [5, 5.41) is 13.9. The molecule has 0 saturated heterocycles. The van der Waals surface area contributed by atoms with Crippen LogP contribution in [0.3, 0.4) is 0 Å². The van der Waals surface area contributed by atoms with E-state index in [0.29, 0.717) is 30.4 Å². The van der Waals surface area contributed by atoms with Gasteiger partial charge in [0.25, 0.3) is 0 Å². The molecule has 0 saturated carbocycles. The van der Waals surface area contributed by atoms with Crippen LogP contribution < -0.4 is 20.1 Å². The van der Waals surface area contributed by atoms with E-state index in [-0.39, 0.29) is 11.8 Å². The first-order valence-electron chi connectivity index (χ1n) is 8.64. The van der Waals surface area contributed by atoms with Crippen molar-refractivity contribution in [3.8, 4) is 11.5 Å². The summed E-state index contributed by atoms with van der Waals surface area (Å²) in [4.78, 5) is 8.25. The van der Waals surface area contributed by atoms with Gasteiger partial charge in [-0.3, -0.25) is 5.10 Å². The Hall–Kier alpha value is -3.88. The lowest BCUT2D eigenvalue weighted by atomic mass is 10.2. The number of rotatable bonds is 4. The van der Waals surface area contributed by atoms with Gasteiger partial charge in [-0.15, -0.1) is 0 Å². The lowest BCUT2D eigenvalue weighted by Gasteiger charge is -2.19. The summed E-state index contributed by atoms with van der Waals surface area (Å²) in [6.45, 7) is 0.993. The zero-order valence-electron chi connectivity index (χ0n) is 14.6. The number of ether oxygens (including phenoxy) is 2. The van der Waals surface area contributed by atoms with Gasteiger partial charge in [0, 0.05) is 22.8 Å². The number of aromatic nitrogens is 4. The predicted octanol–water partition coefficient (Wildman–Crippen LogP) is 3.75. The Morgan fingerprint density at radius 3 is 2.68 bits per heavy atom. The Kier molecular flexibility index (Phi) is 3.90. The van der Waals surface area contributed by atoms with Gasteiger partial charge in [0.1, 0.15) is 13.2 Å². The van der Waals surface area contributed by atoms with E-state index in [0.717, 1.165) is 22.8 Å². The van der Waals surface area contributed by atoms with Gasteiger partial charge < -0.3 is 20.1 Å². The fraction of sp³-hybridized carbons (Fsp3) is 0.105. The maximum Gasteiger partial charge on any atom is 0.229 e. The molecule has 0 amide bonds. The standard InChI is InChI=1S/C19H15FN6O2/c20-14-10-21-19(24-12-1-3-15-11(7-12)9-22-26-15)25-18(14)23-13-2-4-16-17(8-13)28-6-5-27-16/h1-4,7-10H,5-6H2,(H,22,26)(H2,21,23,24,25). The second-order valence-corrected chi connectivity index (χ2v) is 6.17. The van der Waals surface area contributed by atoms with Crippen molar-refractivity contribution >= 4 is 34.0 Å². The van der Waals surface area contributed by atoms with E-state index in [1.165, 1.54) is 0 Å². The Balaban J connectivity index is 1.39. The molecule has 0 atom stereocenters. The van der Waals surface area contributed by atoms with E-state index in [1.807, 2.05) is 18.2 Å². The lowest BCUT2D eigenvalue weighted by molar-refractivity contribution is 0.171. The number of nitrogens with zero attached hydrogens (tertiary/aromatic N) is 3. The minimum Gasteiger partial charge on any atom is -0.486 e. The third kappa shape index (κ3) is 3.13. The van der Waals surface area contributed by atoms with Crippen molar-refractivity contribution in [2.24, 2.45) is 0 Å². The molecule has 0 radical (unpaired) electrons. The van der Waals surface area contributed by atoms with Crippen LogP contribution in [0, 0.1) is 5.82 Å².